The summed E-state index contributed by atoms with van der Waals surface area (Å²) in [5, 5.41) is 16.4. The standard InChI is InChI=1S/C17H27N3O4.HI/c1-12(10-24-15-6-7-23-11-15)20-17(18-2)19-9-13-8-14(22-3)4-5-16(13)21;/h4-5,8,12,15,21H,6-7,9-11H2,1-3H3,(H2,18,19,20);1H. The fraction of sp³-hybridized carbons (Fsp3) is 0.588. The Hall–Kier alpha value is -1.26. The molecule has 142 valence electrons. The van der Waals surface area contributed by atoms with Crippen molar-refractivity contribution >= 4 is 29.9 Å². The minimum absolute atomic E-state index is 0. The third kappa shape index (κ3) is 7.25. The molecule has 1 fully saturated rings. The smallest absolute Gasteiger partial charge is 0.191 e. The molecule has 1 aliphatic rings. The van der Waals surface area contributed by atoms with Crippen LogP contribution in [0.4, 0.5) is 0 Å². The zero-order chi connectivity index (χ0) is 17.4. The van der Waals surface area contributed by atoms with E-state index in [2.05, 4.69) is 15.6 Å². The first-order valence-electron chi connectivity index (χ1n) is 8.14. The second-order valence-electron chi connectivity index (χ2n) is 5.78. The van der Waals surface area contributed by atoms with E-state index in [4.69, 9.17) is 14.2 Å². The SMILES string of the molecule is CN=C(NCc1cc(OC)ccc1O)NC(C)COC1CCOC1.I. The minimum atomic E-state index is 0. The zero-order valence-electron chi connectivity index (χ0n) is 14.9. The van der Waals surface area contributed by atoms with Crippen LogP contribution in [0, 0.1) is 0 Å². The van der Waals surface area contributed by atoms with Crippen LogP contribution in [-0.2, 0) is 16.0 Å². The van der Waals surface area contributed by atoms with Gasteiger partial charge in [-0.25, -0.2) is 0 Å². The molecule has 0 saturated carbocycles. The van der Waals surface area contributed by atoms with Crippen molar-refractivity contribution in [3.05, 3.63) is 23.8 Å². The zero-order valence-corrected chi connectivity index (χ0v) is 17.3. The summed E-state index contributed by atoms with van der Waals surface area (Å²) in [6.07, 6.45) is 1.15. The average Bonchev–Trinajstić information content (AvgIpc) is 3.11. The molecule has 3 N–H and O–H groups in total. The molecule has 1 heterocycles. The number of rotatable bonds is 7. The number of hydrogen-bond donors (Lipinski definition) is 3. The quantitative estimate of drug-likeness (QED) is 0.324. The third-order valence-corrected chi connectivity index (χ3v) is 3.81. The van der Waals surface area contributed by atoms with Crippen molar-refractivity contribution in [2.24, 2.45) is 4.99 Å². The Kier molecular flexibility index (Phi) is 9.91. The van der Waals surface area contributed by atoms with Gasteiger partial charge in [-0.2, -0.15) is 0 Å². The summed E-state index contributed by atoms with van der Waals surface area (Å²) in [6.45, 7) is 4.51. The number of halogens is 1. The Labute approximate surface area is 166 Å². The first-order chi connectivity index (χ1) is 11.6. The number of methoxy groups -OCH3 is 1. The van der Waals surface area contributed by atoms with E-state index < -0.39 is 0 Å². The van der Waals surface area contributed by atoms with Crippen LogP contribution < -0.4 is 15.4 Å². The molecule has 0 spiro atoms. The van der Waals surface area contributed by atoms with E-state index in [9.17, 15) is 5.11 Å². The van der Waals surface area contributed by atoms with Crippen molar-refractivity contribution in [2.75, 3.05) is 34.0 Å². The van der Waals surface area contributed by atoms with Crippen LogP contribution >= 0.6 is 24.0 Å². The van der Waals surface area contributed by atoms with E-state index in [0.29, 0.717) is 31.5 Å². The molecule has 0 bridgehead atoms. The molecule has 0 radical (unpaired) electrons. The highest BCUT2D eigenvalue weighted by molar-refractivity contribution is 14.0. The van der Waals surface area contributed by atoms with Gasteiger partial charge in [-0.1, -0.05) is 0 Å². The Morgan fingerprint density at radius 2 is 2.28 bits per heavy atom. The van der Waals surface area contributed by atoms with Crippen LogP contribution in [0.1, 0.15) is 18.9 Å². The highest BCUT2D eigenvalue weighted by atomic mass is 127. The molecule has 0 aromatic heterocycles. The van der Waals surface area contributed by atoms with Crippen molar-refractivity contribution in [3.63, 3.8) is 0 Å². The van der Waals surface area contributed by atoms with E-state index >= 15 is 0 Å². The van der Waals surface area contributed by atoms with Crippen molar-refractivity contribution in [3.8, 4) is 11.5 Å². The lowest BCUT2D eigenvalue weighted by Crippen LogP contribution is -2.44. The first-order valence-corrected chi connectivity index (χ1v) is 8.14. The monoisotopic (exact) mass is 465 g/mol. The number of phenolic OH excluding ortho intramolecular Hbond substituents is 1. The highest BCUT2D eigenvalue weighted by Gasteiger charge is 2.17. The fourth-order valence-corrected chi connectivity index (χ4v) is 2.40. The maximum absolute atomic E-state index is 9.92. The lowest BCUT2D eigenvalue weighted by atomic mass is 10.2. The maximum Gasteiger partial charge on any atom is 0.191 e. The number of phenols is 1. The topological polar surface area (TPSA) is 84.3 Å². The van der Waals surface area contributed by atoms with Gasteiger partial charge < -0.3 is 30.0 Å². The summed E-state index contributed by atoms with van der Waals surface area (Å²) in [6, 6.07) is 5.24. The Morgan fingerprint density at radius 3 is 2.92 bits per heavy atom. The lowest BCUT2D eigenvalue weighted by Gasteiger charge is -2.20. The lowest BCUT2D eigenvalue weighted by molar-refractivity contribution is 0.0347. The molecular formula is C17H28IN3O4. The van der Waals surface area contributed by atoms with Crippen molar-refractivity contribution in [1.29, 1.82) is 0 Å². The van der Waals surface area contributed by atoms with E-state index in [-0.39, 0.29) is 41.9 Å². The van der Waals surface area contributed by atoms with Crippen LogP contribution in [0.2, 0.25) is 0 Å². The Bertz CT molecular complexity index is 551. The molecule has 0 aliphatic carbocycles. The van der Waals surface area contributed by atoms with Gasteiger partial charge in [0.15, 0.2) is 5.96 Å². The van der Waals surface area contributed by atoms with Crippen LogP contribution in [-0.4, -0.2) is 57.2 Å². The number of nitrogens with one attached hydrogen (secondary N) is 2. The number of aromatic hydroxyl groups is 1. The molecule has 2 atom stereocenters. The van der Waals surface area contributed by atoms with Crippen LogP contribution in [0.25, 0.3) is 0 Å². The van der Waals surface area contributed by atoms with Gasteiger partial charge >= 0.3 is 0 Å². The second kappa shape index (κ2) is 11.4. The molecule has 1 aromatic carbocycles. The molecule has 2 rings (SSSR count). The maximum atomic E-state index is 9.92. The molecule has 2 unspecified atom stereocenters. The van der Waals surface area contributed by atoms with Gasteiger partial charge in [0.25, 0.3) is 0 Å². The number of hydrogen-bond acceptors (Lipinski definition) is 5. The predicted octanol–water partition coefficient (Wildman–Crippen LogP) is 1.88. The molecule has 1 saturated heterocycles. The summed E-state index contributed by atoms with van der Waals surface area (Å²) in [5.41, 5.74) is 0.740. The number of ether oxygens (including phenoxy) is 3. The highest BCUT2D eigenvalue weighted by Crippen LogP contribution is 2.22. The molecule has 7 nitrogen and oxygen atoms in total. The van der Waals surface area contributed by atoms with Gasteiger partial charge in [-0.05, 0) is 31.5 Å². The summed E-state index contributed by atoms with van der Waals surface area (Å²) >= 11 is 0. The van der Waals surface area contributed by atoms with Crippen LogP contribution in [0.15, 0.2) is 23.2 Å². The van der Waals surface area contributed by atoms with Crippen molar-refractivity contribution < 1.29 is 19.3 Å². The summed E-state index contributed by atoms with van der Waals surface area (Å²) in [5.74, 6) is 1.57. The molecule has 8 heteroatoms. The van der Waals surface area contributed by atoms with E-state index in [0.717, 1.165) is 18.6 Å². The molecule has 25 heavy (non-hydrogen) atoms. The van der Waals surface area contributed by atoms with E-state index in [1.165, 1.54) is 0 Å². The molecule has 0 amide bonds. The first kappa shape index (κ1) is 21.8. The van der Waals surface area contributed by atoms with E-state index in [1.807, 2.05) is 6.92 Å². The number of nitrogens with zero attached hydrogens (tertiary/aromatic N) is 1. The van der Waals surface area contributed by atoms with Gasteiger partial charge in [0.2, 0.25) is 0 Å². The average molecular weight is 465 g/mol. The van der Waals surface area contributed by atoms with Gasteiger partial charge in [-0.15, -0.1) is 24.0 Å². The molecular weight excluding hydrogens is 437 g/mol. The van der Waals surface area contributed by atoms with Gasteiger partial charge in [-0.3, -0.25) is 4.99 Å². The molecule has 1 aliphatic heterocycles. The Morgan fingerprint density at radius 1 is 1.48 bits per heavy atom. The van der Waals surface area contributed by atoms with Crippen molar-refractivity contribution in [2.45, 2.75) is 32.0 Å². The van der Waals surface area contributed by atoms with Crippen LogP contribution in [0.5, 0.6) is 11.5 Å². The largest absolute Gasteiger partial charge is 0.508 e. The molecule has 1 aromatic rings. The number of aliphatic imine (C=N–C) groups is 1. The minimum Gasteiger partial charge on any atom is -0.508 e. The predicted molar refractivity (Wildman–Crippen MR) is 108 cm³/mol. The second-order valence-corrected chi connectivity index (χ2v) is 5.78. The number of benzene rings is 1. The summed E-state index contributed by atoms with van der Waals surface area (Å²) in [7, 11) is 3.31. The van der Waals surface area contributed by atoms with Gasteiger partial charge in [0.1, 0.15) is 11.5 Å². The van der Waals surface area contributed by atoms with E-state index in [1.54, 1.807) is 32.4 Å². The summed E-state index contributed by atoms with van der Waals surface area (Å²) < 4.78 is 16.3. The Balaban J connectivity index is 0.00000312. The van der Waals surface area contributed by atoms with Crippen LogP contribution in [0.3, 0.4) is 0 Å². The summed E-state index contributed by atoms with van der Waals surface area (Å²) in [4.78, 5) is 4.20. The van der Waals surface area contributed by atoms with Gasteiger partial charge in [0, 0.05) is 31.8 Å². The van der Waals surface area contributed by atoms with Crippen molar-refractivity contribution in [1.82, 2.24) is 10.6 Å². The number of guanidine groups is 1. The fourth-order valence-electron chi connectivity index (χ4n) is 2.40. The van der Waals surface area contributed by atoms with Gasteiger partial charge in [0.05, 0.1) is 26.4 Å². The normalized spacial score (nSPS) is 18.4. The third-order valence-electron chi connectivity index (χ3n) is 3.81.